The number of aryl methyl sites for hydroxylation is 1. The van der Waals surface area contributed by atoms with Crippen LogP contribution in [0.5, 0.6) is 5.88 Å². The van der Waals surface area contributed by atoms with Gasteiger partial charge in [-0.2, -0.15) is 0 Å². The molecule has 2 aromatic rings. The van der Waals surface area contributed by atoms with Gasteiger partial charge in [-0.05, 0) is 13.0 Å². The maximum atomic E-state index is 10.7. The molecule has 0 amide bonds. The van der Waals surface area contributed by atoms with E-state index in [0.717, 1.165) is 12.1 Å². The van der Waals surface area contributed by atoms with Crippen LogP contribution >= 0.6 is 11.3 Å². The SMILES string of the molecule is Cc1ncsc1CCOc1cccc(C(=O)O)n1. The van der Waals surface area contributed by atoms with Gasteiger partial charge in [0.15, 0.2) is 5.69 Å². The number of nitrogens with zero attached hydrogens (tertiary/aromatic N) is 2. The molecule has 0 aliphatic heterocycles. The number of carbonyl (C=O) groups is 1. The van der Waals surface area contributed by atoms with Gasteiger partial charge in [0.25, 0.3) is 0 Å². The lowest BCUT2D eigenvalue weighted by molar-refractivity contribution is 0.0689. The monoisotopic (exact) mass is 264 g/mol. The molecule has 0 fully saturated rings. The summed E-state index contributed by atoms with van der Waals surface area (Å²) in [6, 6.07) is 4.69. The Morgan fingerprint density at radius 3 is 3.00 bits per heavy atom. The van der Waals surface area contributed by atoms with Gasteiger partial charge < -0.3 is 9.84 Å². The van der Waals surface area contributed by atoms with Crippen LogP contribution in [0.25, 0.3) is 0 Å². The molecule has 2 aromatic heterocycles. The Hall–Kier alpha value is -1.95. The van der Waals surface area contributed by atoms with Crippen molar-refractivity contribution in [2.75, 3.05) is 6.61 Å². The van der Waals surface area contributed by atoms with E-state index in [1.165, 1.54) is 10.9 Å². The lowest BCUT2D eigenvalue weighted by Gasteiger charge is -2.05. The van der Waals surface area contributed by atoms with Crippen LogP contribution in [0.3, 0.4) is 0 Å². The fraction of sp³-hybridized carbons (Fsp3) is 0.250. The van der Waals surface area contributed by atoms with E-state index in [1.807, 2.05) is 6.92 Å². The van der Waals surface area contributed by atoms with Crippen LogP contribution in [0.4, 0.5) is 0 Å². The molecule has 0 aliphatic carbocycles. The average molecular weight is 264 g/mol. The molecule has 1 N–H and O–H groups in total. The van der Waals surface area contributed by atoms with E-state index < -0.39 is 5.97 Å². The Labute approximate surface area is 108 Å². The van der Waals surface area contributed by atoms with Gasteiger partial charge in [-0.15, -0.1) is 11.3 Å². The molecular formula is C12H12N2O3S. The molecule has 0 bridgehead atoms. The second-order valence-corrected chi connectivity index (χ2v) is 4.56. The van der Waals surface area contributed by atoms with Crippen LogP contribution in [0.1, 0.15) is 21.1 Å². The molecule has 94 valence electrons. The second kappa shape index (κ2) is 5.59. The molecule has 0 radical (unpaired) electrons. The van der Waals surface area contributed by atoms with E-state index in [0.29, 0.717) is 12.5 Å². The number of carboxylic acid groups (broad SMARTS) is 1. The van der Waals surface area contributed by atoms with Crippen molar-refractivity contribution in [1.82, 2.24) is 9.97 Å². The van der Waals surface area contributed by atoms with Gasteiger partial charge in [0, 0.05) is 17.4 Å². The summed E-state index contributed by atoms with van der Waals surface area (Å²) in [7, 11) is 0. The van der Waals surface area contributed by atoms with Gasteiger partial charge in [-0.3, -0.25) is 0 Å². The maximum absolute atomic E-state index is 10.7. The van der Waals surface area contributed by atoms with Crippen molar-refractivity contribution in [1.29, 1.82) is 0 Å². The van der Waals surface area contributed by atoms with Crippen molar-refractivity contribution in [3.8, 4) is 5.88 Å². The molecule has 0 aliphatic rings. The minimum Gasteiger partial charge on any atom is -0.477 e. The van der Waals surface area contributed by atoms with E-state index in [1.54, 1.807) is 29.0 Å². The van der Waals surface area contributed by atoms with Gasteiger partial charge in [-0.25, -0.2) is 14.8 Å². The van der Waals surface area contributed by atoms with Crippen molar-refractivity contribution in [3.63, 3.8) is 0 Å². The summed E-state index contributed by atoms with van der Waals surface area (Å²) in [5.74, 6) is -0.726. The lowest BCUT2D eigenvalue weighted by atomic mass is 10.3. The third kappa shape index (κ3) is 3.04. The number of aromatic nitrogens is 2. The van der Waals surface area contributed by atoms with E-state index in [4.69, 9.17) is 9.84 Å². The highest BCUT2D eigenvalue weighted by Gasteiger charge is 2.06. The summed E-state index contributed by atoms with van der Waals surface area (Å²) in [5.41, 5.74) is 2.80. The molecule has 5 nitrogen and oxygen atoms in total. The molecule has 6 heteroatoms. The first-order chi connectivity index (χ1) is 8.66. The topological polar surface area (TPSA) is 72.3 Å². The van der Waals surface area contributed by atoms with Crippen LogP contribution in [0.15, 0.2) is 23.7 Å². The van der Waals surface area contributed by atoms with Crippen molar-refractivity contribution < 1.29 is 14.6 Å². The zero-order valence-electron chi connectivity index (χ0n) is 9.79. The summed E-state index contributed by atoms with van der Waals surface area (Å²) >= 11 is 1.59. The highest BCUT2D eigenvalue weighted by molar-refractivity contribution is 7.09. The molecule has 0 spiro atoms. The Bertz CT molecular complexity index is 554. The first kappa shape index (κ1) is 12.5. The molecule has 0 unspecified atom stereocenters. The molecule has 2 heterocycles. The highest BCUT2D eigenvalue weighted by atomic mass is 32.1. The van der Waals surface area contributed by atoms with E-state index in [2.05, 4.69) is 9.97 Å². The fourth-order valence-electron chi connectivity index (χ4n) is 1.43. The minimum atomic E-state index is -1.06. The normalized spacial score (nSPS) is 10.3. The van der Waals surface area contributed by atoms with Gasteiger partial charge in [0.2, 0.25) is 5.88 Å². The van der Waals surface area contributed by atoms with Crippen LogP contribution in [-0.4, -0.2) is 27.7 Å². The Morgan fingerprint density at radius 2 is 2.33 bits per heavy atom. The smallest absolute Gasteiger partial charge is 0.354 e. The number of ether oxygens (including phenoxy) is 1. The number of aromatic carboxylic acids is 1. The molecule has 2 rings (SSSR count). The van der Waals surface area contributed by atoms with E-state index in [-0.39, 0.29) is 5.69 Å². The number of carboxylic acids is 1. The summed E-state index contributed by atoms with van der Waals surface area (Å²) in [6.45, 7) is 2.41. The maximum Gasteiger partial charge on any atom is 0.354 e. The number of rotatable bonds is 5. The Morgan fingerprint density at radius 1 is 1.50 bits per heavy atom. The van der Waals surface area contributed by atoms with Crippen LogP contribution < -0.4 is 4.74 Å². The van der Waals surface area contributed by atoms with Crippen molar-refractivity contribution in [2.24, 2.45) is 0 Å². The quantitative estimate of drug-likeness (QED) is 0.896. The zero-order chi connectivity index (χ0) is 13.0. The van der Waals surface area contributed by atoms with Crippen molar-refractivity contribution >= 4 is 17.3 Å². The molecule has 0 aromatic carbocycles. The summed E-state index contributed by atoms with van der Waals surface area (Å²) in [4.78, 5) is 19.9. The first-order valence-corrected chi connectivity index (χ1v) is 6.27. The van der Waals surface area contributed by atoms with Gasteiger partial charge in [-0.1, -0.05) is 6.07 Å². The number of hydrogen-bond donors (Lipinski definition) is 1. The summed E-state index contributed by atoms with van der Waals surface area (Å²) in [5, 5.41) is 8.80. The van der Waals surface area contributed by atoms with Gasteiger partial charge in [0.1, 0.15) is 0 Å². The van der Waals surface area contributed by atoms with Crippen LogP contribution in [0, 0.1) is 6.92 Å². The third-order valence-electron chi connectivity index (χ3n) is 2.37. The number of hydrogen-bond acceptors (Lipinski definition) is 5. The van der Waals surface area contributed by atoms with Crippen LogP contribution in [0.2, 0.25) is 0 Å². The molecule has 0 saturated carbocycles. The average Bonchev–Trinajstić information content (AvgIpc) is 2.76. The number of pyridine rings is 1. The minimum absolute atomic E-state index is 0.0125. The lowest BCUT2D eigenvalue weighted by Crippen LogP contribution is -2.05. The predicted molar refractivity (Wildman–Crippen MR) is 67.2 cm³/mol. The summed E-state index contributed by atoms with van der Waals surface area (Å²) in [6.07, 6.45) is 0.746. The van der Waals surface area contributed by atoms with E-state index in [9.17, 15) is 4.79 Å². The van der Waals surface area contributed by atoms with E-state index >= 15 is 0 Å². The predicted octanol–water partition coefficient (Wildman–Crippen LogP) is 2.17. The standard InChI is InChI=1S/C12H12N2O3S/c1-8-10(18-7-13-8)5-6-17-11-4-2-3-9(14-11)12(15)16/h2-4,7H,5-6H2,1H3,(H,15,16). The molecular weight excluding hydrogens is 252 g/mol. The zero-order valence-corrected chi connectivity index (χ0v) is 10.6. The molecule has 18 heavy (non-hydrogen) atoms. The second-order valence-electron chi connectivity index (χ2n) is 3.63. The third-order valence-corrected chi connectivity index (χ3v) is 3.36. The van der Waals surface area contributed by atoms with Crippen molar-refractivity contribution in [2.45, 2.75) is 13.3 Å². The number of thiazole rings is 1. The summed E-state index contributed by atoms with van der Waals surface area (Å²) < 4.78 is 5.43. The Balaban J connectivity index is 1.92. The van der Waals surface area contributed by atoms with Gasteiger partial charge in [0.05, 0.1) is 17.8 Å². The van der Waals surface area contributed by atoms with Gasteiger partial charge >= 0.3 is 5.97 Å². The largest absolute Gasteiger partial charge is 0.477 e. The Kier molecular flexibility index (Phi) is 3.88. The molecule has 0 atom stereocenters. The highest BCUT2D eigenvalue weighted by Crippen LogP contribution is 2.14. The first-order valence-electron chi connectivity index (χ1n) is 5.39. The van der Waals surface area contributed by atoms with Crippen LogP contribution in [-0.2, 0) is 6.42 Å². The van der Waals surface area contributed by atoms with Crippen molar-refractivity contribution in [3.05, 3.63) is 40.0 Å². The fourth-order valence-corrected chi connectivity index (χ4v) is 2.19. The molecule has 0 saturated heterocycles.